The summed E-state index contributed by atoms with van der Waals surface area (Å²) in [5.41, 5.74) is 0. The van der Waals surface area contributed by atoms with Crippen molar-refractivity contribution < 1.29 is 13.9 Å². The van der Waals surface area contributed by atoms with Gasteiger partial charge >= 0.3 is 0 Å². The fourth-order valence-corrected chi connectivity index (χ4v) is 3.86. The summed E-state index contributed by atoms with van der Waals surface area (Å²) in [4.78, 5) is 17.2. The number of benzene rings is 1. The van der Waals surface area contributed by atoms with Gasteiger partial charge in [0.25, 0.3) is 5.91 Å². The van der Waals surface area contributed by atoms with Crippen LogP contribution in [0.15, 0.2) is 45.3 Å². The number of carbonyl (C=O) groups is 1. The molecule has 1 aliphatic heterocycles. The largest absolute Gasteiger partial charge is 0.484 e. The Morgan fingerprint density at radius 3 is 2.78 bits per heavy atom. The Kier molecular flexibility index (Phi) is 5.83. The molecule has 0 bridgehead atoms. The van der Waals surface area contributed by atoms with Crippen LogP contribution in [0.3, 0.4) is 0 Å². The van der Waals surface area contributed by atoms with Gasteiger partial charge in [0.15, 0.2) is 5.76 Å². The summed E-state index contributed by atoms with van der Waals surface area (Å²) in [6.07, 6.45) is 3.77. The Labute approximate surface area is 168 Å². The second-order valence-corrected chi connectivity index (χ2v) is 8.23. The lowest BCUT2D eigenvalue weighted by Crippen LogP contribution is -2.35. The van der Waals surface area contributed by atoms with E-state index in [2.05, 4.69) is 20.8 Å². The minimum absolute atomic E-state index is 0.0181. The molecule has 0 radical (unpaired) electrons. The minimum Gasteiger partial charge on any atom is -0.484 e. The molecule has 1 saturated carbocycles. The predicted octanol–water partition coefficient (Wildman–Crippen LogP) is 4.18. The van der Waals surface area contributed by atoms with Crippen LogP contribution in [0.25, 0.3) is 0 Å². The molecule has 0 atom stereocenters. The van der Waals surface area contributed by atoms with Crippen molar-refractivity contribution in [1.29, 1.82) is 0 Å². The first-order chi connectivity index (χ1) is 13.2. The molecular weight excluding hydrogens is 408 g/mol. The number of halogens is 1. The van der Waals surface area contributed by atoms with Gasteiger partial charge in [-0.3, -0.25) is 4.79 Å². The number of nitrogens with zero attached hydrogens (tertiary/aromatic N) is 2. The van der Waals surface area contributed by atoms with Crippen molar-refractivity contribution in [3.63, 3.8) is 0 Å². The molecule has 1 aromatic heterocycles. The van der Waals surface area contributed by atoms with Gasteiger partial charge in [-0.05, 0) is 71.9 Å². The zero-order valence-electron chi connectivity index (χ0n) is 15.4. The Hall–Kier alpha value is -1.79. The Morgan fingerprint density at radius 1 is 1.11 bits per heavy atom. The average Bonchev–Trinajstić information content (AvgIpc) is 3.42. The molecule has 2 fully saturated rings. The van der Waals surface area contributed by atoms with Gasteiger partial charge in [0, 0.05) is 26.2 Å². The lowest BCUT2D eigenvalue weighted by Gasteiger charge is -2.21. The summed E-state index contributed by atoms with van der Waals surface area (Å²) in [6.45, 7) is 5.10. The monoisotopic (exact) mass is 432 g/mol. The summed E-state index contributed by atoms with van der Waals surface area (Å²) in [7, 11) is 0. The first kappa shape index (κ1) is 18.6. The highest BCUT2D eigenvalue weighted by Gasteiger charge is 2.27. The van der Waals surface area contributed by atoms with Gasteiger partial charge in [-0.25, -0.2) is 0 Å². The van der Waals surface area contributed by atoms with Gasteiger partial charge in [0.05, 0.1) is 4.47 Å². The summed E-state index contributed by atoms with van der Waals surface area (Å²) >= 11 is 3.46. The fraction of sp³-hybridized carbons (Fsp3) is 0.476. The molecule has 6 heteroatoms. The Balaban J connectivity index is 1.32. The van der Waals surface area contributed by atoms with E-state index in [1.165, 1.54) is 19.4 Å². The van der Waals surface area contributed by atoms with Crippen molar-refractivity contribution in [2.24, 2.45) is 5.92 Å². The maximum Gasteiger partial charge on any atom is 0.289 e. The zero-order valence-corrected chi connectivity index (χ0v) is 17.0. The number of hydrogen-bond donors (Lipinski definition) is 0. The highest BCUT2D eigenvalue weighted by molar-refractivity contribution is 9.10. The minimum atomic E-state index is -0.0181. The van der Waals surface area contributed by atoms with Gasteiger partial charge in [0.2, 0.25) is 0 Å². The number of ether oxygens (including phenoxy) is 1. The first-order valence-electron chi connectivity index (χ1n) is 9.67. The molecule has 27 heavy (non-hydrogen) atoms. The van der Waals surface area contributed by atoms with Crippen LogP contribution in [0.5, 0.6) is 5.75 Å². The van der Waals surface area contributed by atoms with Gasteiger partial charge < -0.3 is 19.0 Å². The van der Waals surface area contributed by atoms with E-state index >= 15 is 0 Å². The smallest absolute Gasteiger partial charge is 0.289 e. The van der Waals surface area contributed by atoms with Crippen molar-refractivity contribution in [2.45, 2.75) is 25.9 Å². The lowest BCUT2D eigenvalue weighted by atomic mass is 10.3. The molecule has 1 aromatic carbocycles. The van der Waals surface area contributed by atoms with Crippen LogP contribution in [0.2, 0.25) is 0 Å². The maximum atomic E-state index is 12.8. The van der Waals surface area contributed by atoms with E-state index in [1.54, 1.807) is 6.07 Å². The SMILES string of the molecule is O=C(c1ccc(COc2ccccc2Br)o1)N1CCCN(CC2CC2)CC1. The van der Waals surface area contributed by atoms with E-state index in [1.807, 2.05) is 35.2 Å². The van der Waals surface area contributed by atoms with E-state index < -0.39 is 0 Å². The number of rotatable bonds is 6. The molecule has 5 nitrogen and oxygen atoms in total. The highest BCUT2D eigenvalue weighted by Crippen LogP contribution is 2.30. The topological polar surface area (TPSA) is 45.9 Å². The van der Waals surface area contributed by atoms with Crippen molar-refractivity contribution >= 4 is 21.8 Å². The molecule has 2 aliphatic rings. The van der Waals surface area contributed by atoms with Crippen molar-refractivity contribution in [2.75, 3.05) is 32.7 Å². The quantitative estimate of drug-likeness (QED) is 0.686. The number of carbonyl (C=O) groups excluding carboxylic acids is 1. The number of para-hydroxylation sites is 1. The van der Waals surface area contributed by atoms with Crippen molar-refractivity contribution in [1.82, 2.24) is 9.80 Å². The van der Waals surface area contributed by atoms with Gasteiger partial charge in [-0.1, -0.05) is 12.1 Å². The van der Waals surface area contributed by atoms with E-state index in [0.717, 1.165) is 48.7 Å². The van der Waals surface area contributed by atoms with Gasteiger partial charge in [-0.2, -0.15) is 0 Å². The summed E-state index contributed by atoms with van der Waals surface area (Å²) in [5, 5.41) is 0. The van der Waals surface area contributed by atoms with E-state index in [9.17, 15) is 4.79 Å². The lowest BCUT2D eigenvalue weighted by molar-refractivity contribution is 0.0725. The predicted molar refractivity (Wildman–Crippen MR) is 107 cm³/mol. The van der Waals surface area contributed by atoms with E-state index in [-0.39, 0.29) is 5.91 Å². The summed E-state index contributed by atoms with van der Waals surface area (Å²) in [6, 6.07) is 11.3. The van der Waals surface area contributed by atoms with Gasteiger partial charge in [-0.15, -0.1) is 0 Å². The molecule has 2 aromatic rings. The molecule has 1 aliphatic carbocycles. The van der Waals surface area contributed by atoms with Crippen LogP contribution in [0.1, 0.15) is 35.6 Å². The molecule has 2 heterocycles. The third kappa shape index (κ3) is 4.93. The molecule has 0 N–H and O–H groups in total. The fourth-order valence-electron chi connectivity index (χ4n) is 3.46. The molecule has 1 saturated heterocycles. The molecule has 144 valence electrons. The average molecular weight is 433 g/mol. The highest BCUT2D eigenvalue weighted by atomic mass is 79.9. The summed E-state index contributed by atoms with van der Waals surface area (Å²) in [5.74, 6) is 2.68. The zero-order chi connectivity index (χ0) is 18.6. The Morgan fingerprint density at radius 2 is 1.96 bits per heavy atom. The normalized spacial score (nSPS) is 18.3. The van der Waals surface area contributed by atoms with Crippen LogP contribution < -0.4 is 4.74 Å². The van der Waals surface area contributed by atoms with E-state index in [4.69, 9.17) is 9.15 Å². The molecular formula is C21H25BrN2O3. The molecule has 4 rings (SSSR count). The van der Waals surface area contributed by atoms with E-state index in [0.29, 0.717) is 18.1 Å². The third-order valence-electron chi connectivity index (χ3n) is 5.17. The van der Waals surface area contributed by atoms with Crippen molar-refractivity contribution in [3.8, 4) is 5.75 Å². The molecule has 1 amide bonds. The van der Waals surface area contributed by atoms with Crippen LogP contribution in [-0.4, -0.2) is 48.4 Å². The maximum absolute atomic E-state index is 12.8. The van der Waals surface area contributed by atoms with Crippen LogP contribution in [0.4, 0.5) is 0 Å². The second kappa shape index (κ2) is 8.48. The first-order valence-corrected chi connectivity index (χ1v) is 10.5. The van der Waals surface area contributed by atoms with Crippen LogP contribution in [-0.2, 0) is 6.61 Å². The second-order valence-electron chi connectivity index (χ2n) is 7.37. The van der Waals surface area contributed by atoms with Crippen LogP contribution in [0, 0.1) is 5.92 Å². The third-order valence-corrected chi connectivity index (χ3v) is 5.82. The van der Waals surface area contributed by atoms with Gasteiger partial charge in [0.1, 0.15) is 18.1 Å². The van der Waals surface area contributed by atoms with Crippen molar-refractivity contribution in [3.05, 3.63) is 52.4 Å². The standard InChI is InChI=1S/C21H25BrN2O3/c22-18-4-1-2-5-19(18)26-15-17-8-9-20(27-17)21(25)24-11-3-10-23(12-13-24)14-16-6-7-16/h1-2,4-5,8-9,16H,3,6-7,10-15H2. The van der Waals surface area contributed by atoms with Crippen LogP contribution >= 0.6 is 15.9 Å². The summed E-state index contributed by atoms with van der Waals surface area (Å²) < 4.78 is 12.4. The molecule has 0 unspecified atom stereocenters. The number of amides is 1. The number of furan rings is 1. The Bertz CT molecular complexity index is 787. The molecule has 0 spiro atoms. The number of hydrogen-bond acceptors (Lipinski definition) is 4.